The Kier molecular flexibility index (Phi) is 7.05. The van der Waals surface area contributed by atoms with Gasteiger partial charge in [-0.2, -0.15) is 13.2 Å². The molecule has 0 aliphatic carbocycles. The molecule has 5 rings (SSSR count). The second-order valence-corrected chi connectivity index (χ2v) is 9.75. The molecular formula is C29H30F3N3O3. The molecule has 2 aliphatic heterocycles. The largest absolute Gasteiger partial charge is 0.493 e. The van der Waals surface area contributed by atoms with Crippen LogP contribution in [-0.2, 0) is 36.9 Å². The second kappa shape index (κ2) is 10.3. The fourth-order valence-corrected chi connectivity index (χ4v) is 5.64. The van der Waals surface area contributed by atoms with Crippen molar-refractivity contribution in [3.63, 3.8) is 0 Å². The number of hydrogen-bond acceptors (Lipinski definition) is 5. The zero-order valence-electron chi connectivity index (χ0n) is 21.6. The molecule has 0 fully saturated rings. The first-order valence-electron chi connectivity index (χ1n) is 12.6. The molecule has 2 aliphatic rings. The molecule has 9 heteroatoms. The number of aromatic nitrogens is 1. The van der Waals surface area contributed by atoms with Gasteiger partial charge < -0.3 is 14.4 Å². The SMILES string of the molecule is COc1cc2c(cc1OC)[C@@H](C)N(C(=O)[C@@H]1Cc3ccccc3CN1Cc1ncccc1C(F)(F)F)CC2. The average molecular weight is 526 g/mol. The lowest BCUT2D eigenvalue weighted by Gasteiger charge is -2.42. The van der Waals surface area contributed by atoms with Crippen LogP contribution in [0.3, 0.4) is 0 Å². The van der Waals surface area contributed by atoms with Gasteiger partial charge in [0.25, 0.3) is 0 Å². The Morgan fingerprint density at radius 2 is 1.74 bits per heavy atom. The minimum absolute atomic E-state index is 0.0777. The molecular weight excluding hydrogens is 495 g/mol. The highest BCUT2D eigenvalue weighted by atomic mass is 19.4. The summed E-state index contributed by atoms with van der Waals surface area (Å²) < 4.78 is 52.2. The number of benzene rings is 2. The van der Waals surface area contributed by atoms with Gasteiger partial charge in [0.15, 0.2) is 11.5 Å². The first kappa shape index (κ1) is 26.0. The van der Waals surface area contributed by atoms with Gasteiger partial charge in [-0.3, -0.25) is 14.7 Å². The van der Waals surface area contributed by atoms with Crippen molar-refractivity contribution < 1.29 is 27.4 Å². The van der Waals surface area contributed by atoms with Gasteiger partial charge in [0.05, 0.1) is 37.6 Å². The van der Waals surface area contributed by atoms with Gasteiger partial charge in [0, 0.05) is 25.8 Å². The molecule has 38 heavy (non-hydrogen) atoms. The number of pyridine rings is 1. The standard InChI is InChI=1S/C29H30F3N3O3/c1-18-22-15-27(38-3)26(37-2)14-20(22)10-12-35(18)28(36)25-13-19-7-4-5-8-21(19)16-34(25)17-24-23(29(30,31)32)9-6-11-33-24/h4-9,11,14-15,18,25H,10,12-13,16-17H2,1-3H3/t18-,25+/m1/s1. The molecule has 6 nitrogen and oxygen atoms in total. The van der Waals surface area contributed by atoms with Gasteiger partial charge >= 0.3 is 6.18 Å². The third-order valence-corrected chi connectivity index (χ3v) is 7.65. The number of methoxy groups -OCH3 is 2. The average Bonchev–Trinajstić information content (AvgIpc) is 2.91. The molecule has 0 saturated carbocycles. The van der Waals surface area contributed by atoms with E-state index in [2.05, 4.69) is 4.98 Å². The normalized spacial score (nSPS) is 19.5. The fraction of sp³-hybridized carbons (Fsp3) is 0.379. The van der Waals surface area contributed by atoms with E-state index < -0.39 is 17.8 Å². The van der Waals surface area contributed by atoms with Crippen LogP contribution in [0.4, 0.5) is 13.2 Å². The van der Waals surface area contributed by atoms with Crippen molar-refractivity contribution >= 4 is 5.91 Å². The molecule has 1 aromatic heterocycles. The zero-order valence-corrected chi connectivity index (χ0v) is 21.6. The van der Waals surface area contributed by atoms with E-state index in [1.807, 2.05) is 53.1 Å². The summed E-state index contributed by atoms with van der Waals surface area (Å²) in [5, 5.41) is 0. The first-order valence-corrected chi connectivity index (χ1v) is 12.6. The van der Waals surface area contributed by atoms with Crippen LogP contribution < -0.4 is 9.47 Å². The second-order valence-electron chi connectivity index (χ2n) is 9.75. The van der Waals surface area contributed by atoms with Crippen molar-refractivity contribution in [2.45, 2.75) is 51.1 Å². The van der Waals surface area contributed by atoms with Crippen LogP contribution in [0.15, 0.2) is 54.7 Å². The lowest BCUT2D eigenvalue weighted by Crippen LogP contribution is -2.53. The van der Waals surface area contributed by atoms with Crippen molar-refractivity contribution in [1.82, 2.24) is 14.8 Å². The highest BCUT2D eigenvalue weighted by molar-refractivity contribution is 5.83. The van der Waals surface area contributed by atoms with E-state index in [-0.39, 0.29) is 24.2 Å². The number of fused-ring (bicyclic) bond motifs is 2. The summed E-state index contributed by atoms with van der Waals surface area (Å²) in [6, 6.07) is 13.1. The summed E-state index contributed by atoms with van der Waals surface area (Å²) in [6.07, 6.45) is -2.09. The number of hydrogen-bond donors (Lipinski definition) is 0. The number of alkyl halides is 3. The quantitative estimate of drug-likeness (QED) is 0.459. The van der Waals surface area contributed by atoms with E-state index in [0.29, 0.717) is 37.4 Å². The molecule has 0 radical (unpaired) electrons. The molecule has 3 heterocycles. The maximum Gasteiger partial charge on any atom is 0.418 e. The van der Waals surface area contributed by atoms with E-state index in [1.54, 1.807) is 14.2 Å². The van der Waals surface area contributed by atoms with E-state index in [1.165, 1.54) is 12.3 Å². The minimum Gasteiger partial charge on any atom is -0.493 e. The van der Waals surface area contributed by atoms with Gasteiger partial charge in [-0.15, -0.1) is 0 Å². The summed E-state index contributed by atoms with van der Waals surface area (Å²) >= 11 is 0. The Bertz CT molecular complexity index is 1340. The van der Waals surface area contributed by atoms with E-state index >= 15 is 0 Å². The van der Waals surface area contributed by atoms with Gasteiger partial charge in [0.2, 0.25) is 5.91 Å². The van der Waals surface area contributed by atoms with Crippen molar-refractivity contribution in [3.05, 3.63) is 88.2 Å². The molecule has 1 amide bonds. The smallest absolute Gasteiger partial charge is 0.418 e. The monoisotopic (exact) mass is 525 g/mol. The van der Waals surface area contributed by atoms with Crippen LogP contribution in [0, 0.1) is 0 Å². The number of halogens is 3. The molecule has 0 unspecified atom stereocenters. The Labute approximate surface area is 220 Å². The number of nitrogens with zero attached hydrogens (tertiary/aromatic N) is 3. The maximum atomic E-state index is 14.1. The Hall–Kier alpha value is -3.59. The molecule has 2 aromatic carbocycles. The minimum atomic E-state index is -4.53. The van der Waals surface area contributed by atoms with Crippen molar-refractivity contribution in [3.8, 4) is 11.5 Å². The van der Waals surface area contributed by atoms with Gasteiger partial charge in [0.1, 0.15) is 0 Å². The number of carbonyl (C=O) groups is 1. The molecule has 2 atom stereocenters. The maximum absolute atomic E-state index is 14.1. The summed E-state index contributed by atoms with van der Waals surface area (Å²) in [5.41, 5.74) is 3.27. The first-order chi connectivity index (χ1) is 18.2. The van der Waals surface area contributed by atoms with Crippen LogP contribution in [0.2, 0.25) is 0 Å². The molecule has 3 aromatic rings. The molecule has 0 N–H and O–H groups in total. The topological polar surface area (TPSA) is 54.9 Å². The number of ether oxygens (including phenoxy) is 2. The molecule has 0 spiro atoms. The van der Waals surface area contributed by atoms with Crippen LogP contribution in [0.5, 0.6) is 11.5 Å². The fourth-order valence-electron chi connectivity index (χ4n) is 5.64. The number of amides is 1. The van der Waals surface area contributed by atoms with Crippen molar-refractivity contribution in [2.75, 3.05) is 20.8 Å². The molecule has 0 bridgehead atoms. The van der Waals surface area contributed by atoms with Crippen LogP contribution in [0.25, 0.3) is 0 Å². The lowest BCUT2D eigenvalue weighted by atomic mass is 9.89. The summed E-state index contributed by atoms with van der Waals surface area (Å²) in [6.45, 7) is 2.77. The van der Waals surface area contributed by atoms with Crippen molar-refractivity contribution in [2.24, 2.45) is 0 Å². The predicted octanol–water partition coefficient (Wildman–Crippen LogP) is 5.19. The third-order valence-electron chi connectivity index (χ3n) is 7.65. The Balaban J connectivity index is 1.48. The van der Waals surface area contributed by atoms with E-state index in [9.17, 15) is 18.0 Å². The van der Waals surface area contributed by atoms with Crippen LogP contribution in [-0.4, -0.2) is 47.5 Å². The van der Waals surface area contributed by atoms with Gasteiger partial charge in [-0.1, -0.05) is 24.3 Å². The third kappa shape index (κ3) is 4.82. The van der Waals surface area contributed by atoms with Gasteiger partial charge in [-0.25, -0.2) is 0 Å². The van der Waals surface area contributed by atoms with Crippen molar-refractivity contribution in [1.29, 1.82) is 0 Å². The number of carbonyl (C=O) groups excluding carboxylic acids is 1. The summed E-state index contributed by atoms with van der Waals surface area (Å²) in [7, 11) is 3.17. The van der Waals surface area contributed by atoms with E-state index in [4.69, 9.17) is 9.47 Å². The Morgan fingerprint density at radius 3 is 2.45 bits per heavy atom. The predicted molar refractivity (Wildman–Crippen MR) is 136 cm³/mol. The highest BCUT2D eigenvalue weighted by Crippen LogP contribution is 2.39. The summed E-state index contributed by atoms with van der Waals surface area (Å²) in [5.74, 6) is 1.14. The lowest BCUT2D eigenvalue weighted by molar-refractivity contribution is -0.141. The summed E-state index contributed by atoms with van der Waals surface area (Å²) in [4.78, 5) is 21.9. The highest BCUT2D eigenvalue weighted by Gasteiger charge is 2.40. The molecule has 200 valence electrons. The van der Waals surface area contributed by atoms with Gasteiger partial charge in [-0.05, 0) is 66.3 Å². The number of rotatable bonds is 5. The Morgan fingerprint density at radius 1 is 1.03 bits per heavy atom. The van der Waals surface area contributed by atoms with Crippen LogP contribution in [0.1, 0.15) is 46.5 Å². The van der Waals surface area contributed by atoms with Crippen LogP contribution >= 0.6 is 0 Å². The zero-order chi connectivity index (χ0) is 27.0. The van der Waals surface area contributed by atoms with E-state index in [0.717, 1.165) is 28.3 Å². The molecule has 0 saturated heterocycles.